The van der Waals surface area contributed by atoms with Gasteiger partial charge in [0.25, 0.3) is 5.91 Å². The fourth-order valence-corrected chi connectivity index (χ4v) is 1.72. The Bertz CT molecular complexity index is 791. The van der Waals surface area contributed by atoms with Crippen LogP contribution in [0.25, 0.3) is 0 Å². The van der Waals surface area contributed by atoms with Crippen molar-refractivity contribution in [3.05, 3.63) is 24.3 Å². The Morgan fingerprint density at radius 3 is 2.87 bits per heavy atom. The summed E-state index contributed by atoms with van der Waals surface area (Å²) >= 11 is 0. The molecule has 0 aliphatic carbocycles. The molecule has 10 heteroatoms. The van der Waals surface area contributed by atoms with E-state index in [1.54, 1.807) is 24.3 Å². The number of nitrogens with one attached hydrogen (secondary N) is 2. The quantitative estimate of drug-likeness (QED) is 0.341. The number of benzene rings is 1. The van der Waals surface area contributed by atoms with Crippen LogP contribution in [0.4, 0.5) is 11.4 Å². The molecular weight excluding hydrogens is 302 g/mol. The average Bonchev–Trinajstić information content (AvgIpc) is 2.90. The maximum absolute atomic E-state index is 11.8. The van der Waals surface area contributed by atoms with Crippen LogP contribution < -0.4 is 16.2 Å². The van der Waals surface area contributed by atoms with Crippen LogP contribution in [0, 0.1) is 16.7 Å². The number of anilines is 2. The van der Waals surface area contributed by atoms with Gasteiger partial charge in [0.05, 0.1) is 17.8 Å². The van der Waals surface area contributed by atoms with E-state index < -0.39 is 17.7 Å². The first-order chi connectivity index (χ1) is 10.9. The molecule has 0 saturated heterocycles. The number of rotatable bonds is 5. The van der Waals surface area contributed by atoms with Gasteiger partial charge in [-0.2, -0.15) is 20.5 Å². The predicted molar refractivity (Wildman–Crippen MR) is 82.2 cm³/mol. The van der Waals surface area contributed by atoms with E-state index in [-0.39, 0.29) is 17.8 Å². The van der Waals surface area contributed by atoms with Crippen molar-refractivity contribution < 1.29 is 14.7 Å². The largest absolute Gasteiger partial charge is 0.477 e. The van der Waals surface area contributed by atoms with Crippen molar-refractivity contribution in [2.45, 2.75) is 6.42 Å². The highest BCUT2D eigenvalue weighted by molar-refractivity contribution is 6.45. The minimum absolute atomic E-state index is 0.241. The molecule has 0 atom stereocenters. The number of nitrogens with zero attached hydrogens (tertiary/aromatic N) is 4. The Morgan fingerprint density at radius 1 is 1.57 bits per heavy atom. The van der Waals surface area contributed by atoms with Crippen LogP contribution in [0.5, 0.6) is 0 Å². The highest BCUT2D eigenvalue weighted by atomic mass is 16.4. The minimum Gasteiger partial charge on any atom is -0.477 e. The predicted octanol–water partition coefficient (Wildman–Crippen LogP) is 0.0913. The van der Waals surface area contributed by atoms with Crippen LogP contribution in [-0.2, 0) is 9.59 Å². The molecule has 0 unspecified atom stereocenters. The number of carbonyl (C=O) groups excluding carboxylic acids is 1. The third-order valence-corrected chi connectivity index (χ3v) is 2.77. The average molecular weight is 313 g/mol. The Hall–Kier alpha value is -3.74. The van der Waals surface area contributed by atoms with Crippen LogP contribution >= 0.6 is 0 Å². The normalized spacial score (nSPS) is 14.2. The number of aliphatic carboxylic acids is 1. The van der Waals surface area contributed by atoms with Gasteiger partial charge in [-0.1, -0.05) is 6.07 Å². The topological polar surface area (TPSA) is 168 Å². The molecule has 1 aromatic carbocycles. The third kappa shape index (κ3) is 3.48. The van der Waals surface area contributed by atoms with Gasteiger partial charge >= 0.3 is 5.97 Å². The molecule has 0 bridgehead atoms. The van der Waals surface area contributed by atoms with E-state index in [9.17, 15) is 9.59 Å². The Morgan fingerprint density at radius 2 is 2.30 bits per heavy atom. The highest BCUT2D eigenvalue weighted by Crippen LogP contribution is 2.23. The van der Waals surface area contributed by atoms with Crippen LogP contribution in [0.15, 0.2) is 34.5 Å². The standard InChI is InChI=1S/C13H11N7O3/c14-6-10(12(15)16)18-17-7-2-1-3-8(4-7)20-11(21)5-9(19-20)13(22)23/h1-4,17H,5H2,(H3,15,16)(H,22,23)/b18-10+. The fourth-order valence-electron chi connectivity index (χ4n) is 1.72. The lowest BCUT2D eigenvalue weighted by molar-refractivity contribution is -0.129. The molecule has 116 valence electrons. The molecular formula is C13H11N7O3. The molecule has 0 saturated carbocycles. The van der Waals surface area contributed by atoms with Crippen molar-refractivity contribution in [3.63, 3.8) is 0 Å². The first-order valence-electron chi connectivity index (χ1n) is 6.24. The molecule has 1 heterocycles. The van der Waals surface area contributed by atoms with E-state index in [4.69, 9.17) is 21.5 Å². The number of carboxylic acids is 1. The lowest BCUT2D eigenvalue weighted by atomic mass is 10.2. The third-order valence-electron chi connectivity index (χ3n) is 2.77. The van der Waals surface area contributed by atoms with E-state index in [1.165, 1.54) is 6.07 Å². The number of amidine groups is 1. The van der Waals surface area contributed by atoms with Crippen LogP contribution in [0.3, 0.4) is 0 Å². The summed E-state index contributed by atoms with van der Waals surface area (Å²) in [6, 6.07) is 7.90. The number of nitrogens with two attached hydrogens (primary N) is 1. The summed E-state index contributed by atoms with van der Waals surface area (Å²) < 4.78 is 0. The van der Waals surface area contributed by atoms with Gasteiger partial charge in [-0.3, -0.25) is 15.6 Å². The van der Waals surface area contributed by atoms with Gasteiger partial charge in [-0.25, -0.2) is 4.79 Å². The Kier molecular flexibility index (Phi) is 4.32. The summed E-state index contributed by atoms with van der Waals surface area (Å²) in [5, 5.41) is 33.2. The smallest absolute Gasteiger partial charge is 0.352 e. The van der Waals surface area contributed by atoms with E-state index in [0.717, 1.165) is 5.01 Å². The molecule has 1 aliphatic rings. The number of amides is 1. The lowest BCUT2D eigenvalue weighted by Gasteiger charge is -2.12. The first kappa shape index (κ1) is 15.6. The van der Waals surface area contributed by atoms with E-state index >= 15 is 0 Å². The summed E-state index contributed by atoms with van der Waals surface area (Å²) in [4.78, 5) is 22.7. The molecule has 1 aliphatic heterocycles. The van der Waals surface area contributed by atoms with Gasteiger partial charge in [0.2, 0.25) is 5.71 Å². The van der Waals surface area contributed by atoms with Gasteiger partial charge in [-0.05, 0) is 18.2 Å². The van der Waals surface area contributed by atoms with Crippen molar-refractivity contribution in [2.24, 2.45) is 15.9 Å². The summed E-state index contributed by atoms with van der Waals surface area (Å²) in [6.07, 6.45) is -0.284. The zero-order valence-electron chi connectivity index (χ0n) is 11.6. The molecule has 2 rings (SSSR count). The van der Waals surface area contributed by atoms with E-state index in [1.807, 2.05) is 0 Å². The number of hydrogen-bond acceptors (Lipinski definition) is 7. The minimum atomic E-state index is -1.25. The van der Waals surface area contributed by atoms with Crippen molar-refractivity contribution in [3.8, 4) is 6.07 Å². The summed E-state index contributed by atoms with van der Waals surface area (Å²) in [5.41, 5.74) is 7.91. The molecule has 0 spiro atoms. The van der Waals surface area contributed by atoms with Gasteiger partial charge in [-0.15, -0.1) is 0 Å². The second-order valence-electron chi connectivity index (χ2n) is 4.38. The lowest BCUT2D eigenvalue weighted by Crippen LogP contribution is -2.22. The van der Waals surface area contributed by atoms with Gasteiger partial charge in [0.15, 0.2) is 11.5 Å². The van der Waals surface area contributed by atoms with Crippen molar-refractivity contribution in [1.82, 2.24) is 0 Å². The number of hydrogen-bond donors (Lipinski definition) is 4. The maximum atomic E-state index is 11.8. The molecule has 23 heavy (non-hydrogen) atoms. The summed E-state index contributed by atoms with van der Waals surface area (Å²) in [6.45, 7) is 0. The molecule has 10 nitrogen and oxygen atoms in total. The SMILES string of the molecule is N#C/C(=N\Nc1cccc(N2N=C(C(=O)O)CC2=O)c1)C(=N)N. The highest BCUT2D eigenvalue weighted by Gasteiger charge is 2.29. The first-order valence-corrected chi connectivity index (χ1v) is 6.24. The zero-order chi connectivity index (χ0) is 17.0. The van der Waals surface area contributed by atoms with Crippen LogP contribution in [0.1, 0.15) is 6.42 Å². The van der Waals surface area contributed by atoms with Crippen molar-refractivity contribution in [1.29, 1.82) is 10.7 Å². The van der Waals surface area contributed by atoms with Gasteiger partial charge < -0.3 is 10.8 Å². The second-order valence-corrected chi connectivity index (χ2v) is 4.38. The van der Waals surface area contributed by atoms with Crippen molar-refractivity contribution in [2.75, 3.05) is 10.4 Å². The Labute approximate surface area is 130 Å². The monoisotopic (exact) mass is 313 g/mol. The summed E-state index contributed by atoms with van der Waals surface area (Å²) in [5.74, 6) is -2.20. The molecule has 1 amide bonds. The number of carbonyl (C=O) groups is 2. The zero-order valence-corrected chi connectivity index (χ0v) is 11.6. The van der Waals surface area contributed by atoms with Crippen LogP contribution in [0.2, 0.25) is 0 Å². The number of carboxylic acid groups (broad SMARTS) is 1. The molecule has 1 aromatic rings. The summed E-state index contributed by atoms with van der Waals surface area (Å²) in [7, 11) is 0. The fraction of sp³-hybridized carbons (Fsp3) is 0.0769. The Balaban J connectivity index is 2.24. The molecule has 0 radical (unpaired) electrons. The van der Waals surface area contributed by atoms with Crippen LogP contribution in [-0.4, -0.2) is 34.2 Å². The number of nitriles is 1. The van der Waals surface area contributed by atoms with E-state index in [2.05, 4.69) is 15.6 Å². The number of hydrazone groups is 2. The van der Waals surface area contributed by atoms with Crippen molar-refractivity contribution >= 4 is 40.5 Å². The van der Waals surface area contributed by atoms with Gasteiger partial charge in [0.1, 0.15) is 6.07 Å². The second kappa shape index (κ2) is 6.35. The molecule has 5 N–H and O–H groups in total. The maximum Gasteiger partial charge on any atom is 0.352 e. The van der Waals surface area contributed by atoms with E-state index in [0.29, 0.717) is 11.4 Å². The van der Waals surface area contributed by atoms with Gasteiger partial charge in [0, 0.05) is 0 Å². The molecule has 0 aromatic heterocycles. The molecule has 0 fully saturated rings.